The molecule has 2 aromatic rings. The van der Waals surface area contributed by atoms with Crippen molar-refractivity contribution in [1.29, 1.82) is 0 Å². The van der Waals surface area contributed by atoms with Crippen LogP contribution in [0.5, 0.6) is 5.75 Å². The average molecular weight is 334 g/mol. The van der Waals surface area contributed by atoms with Crippen molar-refractivity contribution in [2.75, 3.05) is 17.7 Å². The summed E-state index contributed by atoms with van der Waals surface area (Å²) in [4.78, 5) is 4.46. The Morgan fingerprint density at radius 2 is 2.04 bits per heavy atom. The SMILES string of the molecule is COc1ccc(Nc2cnnc(NC3CCCCC3)n2)cc1Cl. The number of halogens is 1. The van der Waals surface area contributed by atoms with E-state index in [0.29, 0.717) is 28.6 Å². The Kier molecular flexibility index (Phi) is 5.12. The minimum absolute atomic E-state index is 0.441. The Balaban J connectivity index is 1.68. The van der Waals surface area contributed by atoms with Crippen molar-refractivity contribution < 1.29 is 4.74 Å². The fourth-order valence-electron chi connectivity index (χ4n) is 2.75. The summed E-state index contributed by atoms with van der Waals surface area (Å²) >= 11 is 6.13. The molecular weight excluding hydrogens is 314 g/mol. The average Bonchev–Trinajstić information content (AvgIpc) is 2.56. The Hall–Kier alpha value is -2.08. The van der Waals surface area contributed by atoms with Crippen LogP contribution in [-0.2, 0) is 0 Å². The van der Waals surface area contributed by atoms with E-state index >= 15 is 0 Å². The number of aromatic nitrogens is 3. The first-order chi connectivity index (χ1) is 11.2. The first kappa shape index (κ1) is 15.8. The van der Waals surface area contributed by atoms with Gasteiger partial charge in [-0.2, -0.15) is 10.1 Å². The second kappa shape index (κ2) is 7.46. The lowest BCUT2D eigenvalue weighted by molar-refractivity contribution is 0.415. The number of nitrogens with one attached hydrogen (secondary N) is 2. The Morgan fingerprint density at radius 1 is 1.22 bits per heavy atom. The molecule has 1 heterocycles. The van der Waals surface area contributed by atoms with E-state index in [2.05, 4.69) is 25.8 Å². The molecule has 1 aliphatic carbocycles. The van der Waals surface area contributed by atoms with E-state index < -0.39 is 0 Å². The fourth-order valence-corrected chi connectivity index (χ4v) is 3.00. The Bertz CT molecular complexity index is 661. The highest BCUT2D eigenvalue weighted by atomic mass is 35.5. The molecule has 3 rings (SSSR count). The van der Waals surface area contributed by atoms with Gasteiger partial charge in [-0.25, -0.2) is 0 Å². The molecule has 6 nitrogen and oxygen atoms in total. The summed E-state index contributed by atoms with van der Waals surface area (Å²) < 4.78 is 5.15. The molecule has 1 aliphatic rings. The zero-order chi connectivity index (χ0) is 16.1. The molecule has 1 fully saturated rings. The molecule has 1 aromatic heterocycles. The topological polar surface area (TPSA) is 72.0 Å². The number of benzene rings is 1. The Labute approximate surface area is 140 Å². The van der Waals surface area contributed by atoms with Crippen molar-refractivity contribution in [3.8, 4) is 5.75 Å². The molecule has 2 N–H and O–H groups in total. The monoisotopic (exact) mass is 333 g/mol. The lowest BCUT2D eigenvalue weighted by Crippen LogP contribution is -2.23. The van der Waals surface area contributed by atoms with E-state index in [9.17, 15) is 0 Å². The van der Waals surface area contributed by atoms with Crippen LogP contribution in [0.3, 0.4) is 0 Å². The number of hydrogen-bond donors (Lipinski definition) is 2. The summed E-state index contributed by atoms with van der Waals surface area (Å²) in [5.41, 5.74) is 0.819. The van der Waals surface area contributed by atoms with Gasteiger partial charge >= 0.3 is 0 Å². The molecule has 23 heavy (non-hydrogen) atoms. The van der Waals surface area contributed by atoms with Crippen LogP contribution in [0.25, 0.3) is 0 Å². The van der Waals surface area contributed by atoms with E-state index in [1.54, 1.807) is 25.4 Å². The largest absolute Gasteiger partial charge is 0.495 e. The van der Waals surface area contributed by atoms with Crippen LogP contribution < -0.4 is 15.4 Å². The van der Waals surface area contributed by atoms with Crippen molar-refractivity contribution in [2.24, 2.45) is 0 Å². The van der Waals surface area contributed by atoms with Crippen LogP contribution in [0.15, 0.2) is 24.4 Å². The third kappa shape index (κ3) is 4.22. The first-order valence-electron chi connectivity index (χ1n) is 7.81. The maximum absolute atomic E-state index is 6.13. The van der Waals surface area contributed by atoms with Crippen LogP contribution in [0.2, 0.25) is 5.02 Å². The van der Waals surface area contributed by atoms with Gasteiger partial charge < -0.3 is 15.4 Å². The van der Waals surface area contributed by atoms with Gasteiger partial charge in [0.25, 0.3) is 0 Å². The molecule has 7 heteroatoms. The number of methoxy groups -OCH3 is 1. The van der Waals surface area contributed by atoms with E-state index in [-0.39, 0.29) is 0 Å². The first-order valence-corrected chi connectivity index (χ1v) is 8.19. The normalized spacial score (nSPS) is 15.2. The van der Waals surface area contributed by atoms with E-state index in [0.717, 1.165) is 18.5 Å². The second-order valence-electron chi connectivity index (χ2n) is 5.62. The summed E-state index contributed by atoms with van der Waals surface area (Å²) in [5, 5.41) is 15.2. The zero-order valence-corrected chi connectivity index (χ0v) is 13.8. The third-order valence-corrected chi connectivity index (χ3v) is 4.22. The van der Waals surface area contributed by atoms with E-state index in [4.69, 9.17) is 16.3 Å². The van der Waals surface area contributed by atoms with Crippen molar-refractivity contribution in [3.63, 3.8) is 0 Å². The number of ether oxygens (including phenoxy) is 1. The highest BCUT2D eigenvalue weighted by Crippen LogP contribution is 2.28. The molecule has 0 spiro atoms. The quantitative estimate of drug-likeness (QED) is 0.861. The van der Waals surface area contributed by atoms with Crippen molar-refractivity contribution in [3.05, 3.63) is 29.4 Å². The highest BCUT2D eigenvalue weighted by molar-refractivity contribution is 6.32. The highest BCUT2D eigenvalue weighted by Gasteiger charge is 2.14. The predicted molar refractivity (Wildman–Crippen MR) is 91.6 cm³/mol. The lowest BCUT2D eigenvalue weighted by atomic mass is 9.96. The second-order valence-corrected chi connectivity index (χ2v) is 6.03. The smallest absolute Gasteiger partial charge is 0.244 e. The molecule has 0 atom stereocenters. The summed E-state index contributed by atoms with van der Waals surface area (Å²) in [6, 6.07) is 5.91. The van der Waals surface area contributed by atoms with Gasteiger partial charge in [-0.1, -0.05) is 30.9 Å². The van der Waals surface area contributed by atoms with Gasteiger partial charge in [-0.3, -0.25) is 0 Å². The van der Waals surface area contributed by atoms with Crippen molar-refractivity contribution in [2.45, 2.75) is 38.1 Å². The van der Waals surface area contributed by atoms with E-state index in [1.165, 1.54) is 19.3 Å². The van der Waals surface area contributed by atoms with Gasteiger partial charge in [-0.05, 0) is 31.0 Å². The molecule has 0 unspecified atom stereocenters. The predicted octanol–water partition coefficient (Wildman–Crippen LogP) is 4.02. The minimum Gasteiger partial charge on any atom is -0.495 e. The van der Waals surface area contributed by atoms with Gasteiger partial charge in [0, 0.05) is 11.7 Å². The molecule has 1 aromatic carbocycles. The van der Waals surface area contributed by atoms with Gasteiger partial charge in [0.1, 0.15) is 5.75 Å². The molecule has 0 amide bonds. The lowest BCUT2D eigenvalue weighted by Gasteiger charge is -2.22. The summed E-state index contributed by atoms with van der Waals surface area (Å²) in [7, 11) is 1.59. The molecule has 122 valence electrons. The molecule has 0 radical (unpaired) electrons. The molecule has 0 bridgehead atoms. The van der Waals surface area contributed by atoms with E-state index in [1.807, 2.05) is 6.07 Å². The Morgan fingerprint density at radius 3 is 2.78 bits per heavy atom. The van der Waals surface area contributed by atoms with Crippen LogP contribution in [-0.4, -0.2) is 28.3 Å². The van der Waals surface area contributed by atoms with Gasteiger partial charge in [-0.15, -0.1) is 5.10 Å². The summed E-state index contributed by atoms with van der Waals surface area (Å²) in [6.45, 7) is 0. The van der Waals surface area contributed by atoms with Crippen LogP contribution in [0.4, 0.5) is 17.5 Å². The fraction of sp³-hybridized carbons (Fsp3) is 0.438. The van der Waals surface area contributed by atoms with Gasteiger partial charge in [0.05, 0.1) is 18.3 Å². The van der Waals surface area contributed by atoms with Gasteiger partial charge in [0.15, 0.2) is 5.82 Å². The number of rotatable bonds is 5. The van der Waals surface area contributed by atoms with Crippen LogP contribution in [0.1, 0.15) is 32.1 Å². The number of anilines is 3. The standard InChI is InChI=1S/C16H20ClN5O/c1-23-14-8-7-12(9-13(14)17)19-15-10-18-22-16(21-15)20-11-5-3-2-4-6-11/h7-11H,2-6H2,1H3,(H2,19,20,21,22). The maximum atomic E-state index is 6.13. The van der Waals surface area contributed by atoms with Gasteiger partial charge in [0.2, 0.25) is 5.95 Å². The van der Waals surface area contributed by atoms with Crippen molar-refractivity contribution in [1.82, 2.24) is 15.2 Å². The summed E-state index contributed by atoms with van der Waals surface area (Å²) in [6.07, 6.45) is 7.74. The molecular formula is C16H20ClN5O. The van der Waals surface area contributed by atoms with Crippen molar-refractivity contribution >= 4 is 29.1 Å². The zero-order valence-electron chi connectivity index (χ0n) is 13.1. The molecule has 1 saturated carbocycles. The van der Waals surface area contributed by atoms with Crippen LogP contribution >= 0.6 is 11.6 Å². The number of nitrogens with zero attached hydrogens (tertiary/aromatic N) is 3. The molecule has 0 aliphatic heterocycles. The maximum Gasteiger partial charge on any atom is 0.244 e. The minimum atomic E-state index is 0.441. The third-order valence-electron chi connectivity index (χ3n) is 3.92. The summed E-state index contributed by atoms with van der Waals surface area (Å²) in [5.74, 6) is 1.82. The molecule has 0 saturated heterocycles. The number of hydrogen-bond acceptors (Lipinski definition) is 6. The van der Waals surface area contributed by atoms with Crippen LogP contribution in [0, 0.1) is 0 Å².